The number of aromatic nitrogens is 3. The molecule has 1 amide bonds. The monoisotopic (exact) mass is 334 g/mol. The van der Waals surface area contributed by atoms with E-state index in [-0.39, 0.29) is 11.2 Å². The highest BCUT2D eigenvalue weighted by atomic mass is 32.2. The number of amides is 1. The van der Waals surface area contributed by atoms with E-state index in [1.165, 1.54) is 11.8 Å². The first-order valence-corrected chi connectivity index (χ1v) is 8.31. The lowest BCUT2D eigenvalue weighted by Crippen LogP contribution is -2.33. The van der Waals surface area contributed by atoms with Gasteiger partial charge in [-0.25, -0.2) is 0 Å². The van der Waals surface area contributed by atoms with Crippen LogP contribution in [0.1, 0.15) is 12.5 Å². The Kier molecular flexibility index (Phi) is 6.18. The summed E-state index contributed by atoms with van der Waals surface area (Å²) in [6, 6.07) is 8.05. The van der Waals surface area contributed by atoms with Crippen LogP contribution in [0.4, 0.5) is 0 Å². The Bertz CT molecular complexity index is 672. The average Bonchev–Trinajstić information content (AvgIpc) is 2.89. The van der Waals surface area contributed by atoms with Gasteiger partial charge in [0.15, 0.2) is 11.0 Å². The lowest BCUT2D eigenvalue weighted by Gasteiger charge is -2.11. The van der Waals surface area contributed by atoms with Crippen LogP contribution in [0.15, 0.2) is 29.4 Å². The van der Waals surface area contributed by atoms with E-state index in [9.17, 15) is 4.79 Å². The van der Waals surface area contributed by atoms with Gasteiger partial charge in [0.1, 0.15) is 0 Å². The van der Waals surface area contributed by atoms with Crippen LogP contribution in [0.2, 0.25) is 0 Å². The summed E-state index contributed by atoms with van der Waals surface area (Å²) in [5.74, 6) is 0.769. The minimum atomic E-state index is -0.250. The fraction of sp³-hybridized carbons (Fsp3) is 0.438. The Morgan fingerprint density at radius 3 is 2.83 bits per heavy atom. The fourth-order valence-corrected chi connectivity index (χ4v) is 2.95. The van der Waals surface area contributed by atoms with Crippen molar-refractivity contribution in [3.05, 3.63) is 29.8 Å². The van der Waals surface area contributed by atoms with Gasteiger partial charge in [-0.3, -0.25) is 4.79 Å². The predicted octanol–water partition coefficient (Wildman–Crippen LogP) is 2.03. The topological polar surface area (TPSA) is 69.0 Å². The van der Waals surface area contributed by atoms with Crippen molar-refractivity contribution in [2.75, 3.05) is 20.3 Å². The fourth-order valence-electron chi connectivity index (χ4n) is 2.11. The maximum atomic E-state index is 12.0. The number of aryl methyl sites for hydroxylation is 1. The summed E-state index contributed by atoms with van der Waals surface area (Å²) < 4.78 is 6.85. The molecule has 2 aromatic rings. The lowest BCUT2D eigenvalue weighted by molar-refractivity contribution is -0.120. The smallest absolute Gasteiger partial charge is 0.233 e. The van der Waals surface area contributed by atoms with Gasteiger partial charge in [-0.05, 0) is 19.4 Å². The zero-order valence-corrected chi connectivity index (χ0v) is 14.7. The lowest BCUT2D eigenvalue weighted by atomic mass is 10.1. The largest absolute Gasteiger partial charge is 0.383 e. The van der Waals surface area contributed by atoms with Crippen LogP contribution in [-0.4, -0.2) is 46.2 Å². The van der Waals surface area contributed by atoms with Crippen molar-refractivity contribution >= 4 is 17.7 Å². The van der Waals surface area contributed by atoms with Gasteiger partial charge in [0.2, 0.25) is 5.91 Å². The number of carbonyl (C=O) groups excluding carboxylic acids is 1. The van der Waals surface area contributed by atoms with E-state index >= 15 is 0 Å². The van der Waals surface area contributed by atoms with Gasteiger partial charge in [0.05, 0.1) is 11.9 Å². The molecule has 0 saturated heterocycles. The van der Waals surface area contributed by atoms with Crippen molar-refractivity contribution in [3.63, 3.8) is 0 Å². The Morgan fingerprint density at radius 1 is 1.39 bits per heavy atom. The Hall–Kier alpha value is -1.86. The van der Waals surface area contributed by atoms with E-state index < -0.39 is 0 Å². The molecular weight excluding hydrogens is 312 g/mol. The normalized spacial score (nSPS) is 12.2. The highest BCUT2D eigenvalue weighted by Gasteiger charge is 2.19. The number of nitrogens with one attached hydrogen (secondary N) is 1. The molecule has 0 fully saturated rings. The molecule has 23 heavy (non-hydrogen) atoms. The number of benzene rings is 1. The maximum Gasteiger partial charge on any atom is 0.233 e. The second-order valence-corrected chi connectivity index (χ2v) is 6.53. The summed E-state index contributed by atoms with van der Waals surface area (Å²) >= 11 is 1.39. The van der Waals surface area contributed by atoms with Crippen molar-refractivity contribution in [2.24, 2.45) is 7.05 Å². The molecule has 7 heteroatoms. The molecule has 1 aromatic carbocycles. The molecule has 0 aliphatic carbocycles. The quantitative estimate of drug-likeness (QED) is 0.620. The molecule has 0 aliphatic heterocycles. The van der Waals surface area contributed by atoms with Gasteiger partial charge in [0.25, 0.3) is 0 Å². The molecule has 0 spiro atoms. The minimum absolute atomic E-state index is 0.0347. The van der Waals surface area contributed by atoms with Crippen LogP contribution in [-0.2, 0) is 16.6 Å². The number of nitrogens with zero attached hydrogens (tertiary/aromatic N) is 3. The van der Waals surface area contributed by atoms with Crippen LogP contribution in [0.5, 0.6) is 0 Å². The van der Waals surface area contributed by atoms with E-state index in [4.69, 9.17) is 4.74 Å². The SMILES string of the molecule is COCCNC(=O)[C@H](C)Sc1nnc(-c2ccccc2C)n1C. The molecule has 1 aromatic heterocycles. The number of hydrogen-bond donors (Lipinski definition) is 1. The molecule has 0 saturated carbocycles. The van der Waals surface area contributed by atoms with Crippen molar-refractivity contribution in [1.29, 1.82) is 0 Å². The van der Waals surface area contributed by atoms with E-state index in [0.717, 1.165) is 22.1 Å². The summed E-state index contributed by atoms with van der Waals surface area (Å²) in [6.45, 7) is 4.91. The van der Waals surface area contributed by atoms with Gasteiger partial charge in [-0.15, -0.1) is 10.2 Å². The van der Waals surface area contributed by atoms with E-state index in [1.54, 1.807) is 7.11 Å². The molecular formula is C16H22N4O2S. The maximum absolute atomic E-state index is 12.0. The van der Waals surface area contributed by atoms with Gasteiger partial charge < -0.3 is 14.6 Å². The van der Waals surface area contributed by atoms with E-state index in [1.807, 2.05) is 49.7 Å². The summed E-state index contributed by atoms with van der Waals surface area (Å²) in [7, 11) is 3.52. The Balaban J connectivity index is 2.08. The number of rotatable bonds is 7. The average molecular weight is 334 g/mol. The van der Waals surface area contributed by atoms with E-state index in [0.29, 0.717) is 13.2 Å². The molecule has 1 N–H and O–H groups in total. The van der Waals surface area contributed by atoms with Crippen LogP contribution in [0, 0.1) is 6.92 Å². The third-order valence-corrected chi connectivity index (χ3v) is 4.61. The third kappa shape index (κ3) is 4.33. The second-order valence-electron chi connectivity index (χ2n) is 5.22. The summed E-state index contributed by atoms with van der Waals surface area (Å²) in [6.07, 6.45) is 0. The molecule has 2 rings (SSSR count). The molecule has 1 heterocycles. The molecule has 124 valence electrons. The van der Waals surface area contributed by atoms with Crippen molar-refractivity contribution in [3.8, 4) is 11.4 Å². The molecule has 0 aliphatic rings. The highest BCUT2D eigenvalue weighted by Crippen LogP contribution is 2.27. The number of ether oxygens (including phenoxy) is 1. The zero-order chi connectivity index (χ0) is 16.8. The first-order valence-electron chi connectivity index (χ1n) is 7.43. The molecule has 0 unspecified atom stereocenters. The first kappa shape index (κ1) is 17.5. The standard InChI is InChI=1S/C16H22N4O2S/c1-11-7-5-6-8-13(11)14-18-19-16(20(14)3)23-12(2)15(21)17-9-10-22-4/h5-8,12H,9-10H2,1-4H3,(H,17,21)/t12-/m0/s1. The highest BCUT2D eigenvalue weighted by molar-refractivity contribution is 8.00. The minimum Gasteiger partial charge on any atom is -0.383 e. The summed E-state index contributed by atoms with van der Waals surface area (Å²) in [5, 5.41) is 11.8. The number of thioether (sulfide) groups is 1. The van der Waals surface area contributed by atoms with Crippen LogP contribution >= 0.6 is 11.8 Å². The number of methoxy groups -OCH3 is 1. The molecule has 1 atom stereocenters. The number of carbonyl (C=O) groups is 1. The van der Waals surface area contributed by atoms with Crippen LogP contribution in [0.3, 0.4) is 0 Å². The summed E-state index contributed by atoms with van der Waals surface area (Å²) in [4.78, 5) is 12.0. The van der Waals surface area contributed by atoms with Crippen molar-refractivity contribution in [2.45, 2.75) is 24.3 Å². The van der Waals surface area contributed by atoms with Crippen LogP contribution in [0.25, 0.3) is 11.4 Å². The number of hydrogen-bond acceptors (Lipinski definition) is 5. The zero-order valence-electron chi connectivity index (χ0n) is 13.9. The predicted molar refractivity (Wildman–Crippen MR) is 91.4 cm³/mol. The van der Waals surface area contributed by atoms with Gasteiger partial charge in [-0.2, -0.15) is 0 Å². The molecule has 0 radical (unpaired) electrons. The molecule has 6 nitrogen and oxygen atoms in total. The van der Waals surface area contributed by atoms with Crippen LogP contribution < -0.4 is 5.32 Å². The Morgan fingerprint density at radius 2 is 2.13 bits per heavy atom. The third-order valence-electron chi connectivity index (χ3n) is 3.48. The first-order chi connectivity index (χ1) is 11.0. The van der Waals surface area contributed by atoms with Gasteiger partial charge in [-0.1, -0.05) is 36.0 Å². The van der Waals surface area contributed by atoms with Gasteiger partial charge >= 0.3 is 0 Å². The van der Waals surface area contributed by atoms with Crippen molar-refractivity contribution in [1.82, 2.24) is 20.1 Å². The second kappa shape index (κ2) is 8.12. The molecule has 0 bridgehead atoms. The van der Waals surface area contributed by atoms with Crippen molar-refractivity contribution < 1.29 is 9.53 Å². The summed E-state index contributed by atoms with van der Waals surface area (Å²) in [5.41, 5.74) is 2.19. The Labute approximate surface area is 140 Å². The van der Waals surface area contributed by atoms with Gasteiger partial charge in [0, 0.05) is 26.3 Å². The van der Waals surface area contributed by atoms with E-state index in [2.05, 4.69) is 15.5 Å².